The van der Waals surface area contributed by atoms with Gasteiger partial charge in [0.05, 0.1) is 30.6 Å². The molecule has 0 radical (unpaired) electrons. The molecule has 372 valence electrons. The van der Waals surface area contributed by atoms with Crippen LogP contribution >= 0.6 is 24.4 Å². The Balaban J connectivity index is 1.72. The Kier molecular flexibility index (Phi) is 18.7. The Morgan fingerprint density at radius 3 is 2.31 bits per heavy atom. The predicted octanol–water partition coefficient (Wildman–Crippen LogP) is -1.10. The zero-order chi connectivity index (χ0) is 50.0. The highest BCUT2D eigenvalue weighted by molar-refractivity contribution is 7.99. The number of fused-ring (bicyclic) bond motifs is 4. The van der Waals surface area contributed by atoms with Crippen molar-refractivity contribution in [2.24, 2.45) is 29.4 Å². The lowest BCUT2D eigenvalue weighted by Gasteiger charge is -2.31. The molecule has 4 heterocycles. The number of aliphatic hydroxyl groups excluding tert-OH is 1. The highest BCUT2D eigenvalue weighted by atomic mass is 32.2. The van der Waals surface area contributed by atoms with Crippen LogP contribution in [0.5, 0.6) is 0 Å². The molecule has 1 aromatic carbocycles. The number of benzene rings is 1. The Hall–Kier alpha value is -5.88. The molecule has 2 unspecified atom stereocenters. The lowest BCUT2D eigenvalue weighted by molar-refractivity contribution is -0.146. The van der Waals surface area contributed by atoms with Crippen LogP contribution in [0.15, 0.2) is 23.2 Å². The van der Waals surface area contributed by atoms with Crippen molar-refractivity contribution in [1.82, 2.24) is 41.8 Å². The van der Waals surface area contributed by atoms with Crippen molar-refractivity contribution in [3.8, 4) is 0 Å². The Labute approximate surface area is 402 Å². The number of carbonyl (C=O) groups excluding carboxylic acids is 9. The van der Waals surface area contributed by atoms with E-state index in [1.54, 1.807) is 32.0 Å². The molecule has 24 heteroatoms. The molecule has 12 N–H and O–H groups in total. The van der Waals surface area contributed by atoms with E-state index < -0.39 is 139 Å². The van der Waals surface area contributed by atoms with E-state index in [0.717, 1.165) is 16.7 Å². The van der Waals surface area contributed by atoms with E-state index in [-0.39, 0.29) is 30.9 Å². The van der Waals surface area contributed by atoms with E-state index in [9.17, 15) is 58.2 Å². The number of thiol groups is 1. The molecular formula is C44H62N10O12S2. The molecule has 0 saturated carbocycles. The van der Waals surface area contributed by atoms with Gasteiger partial charge in [0.1, 0.15) is 30.2 Å². The number of aliphatic carboxylic acids is 1. The number of aromatic nitrogens is 1. The monoisotopic (exact) mass is 986 g/mol. The maximum atomic E-state index is 14.4. The summed E-state index contributed by atoms with van der Waals surface area (Å²) < 4.78 is 0. The van der Waals surface area contributed by atoms with Crippen molar-refractivity contribution in [3.05, 3.63) is 23.8 Å². The van der Waals surface area contributed by atoms with Crippen LogP contribution in [-0.2, 0) is 54.4 Å². The molecule has 0 spiro atoms. The summed E-state index contributed by atoms with van der Waals surface area (Å²) in [5.74, 6) is -10.7. The lowest BCUT2D eigenvalue weighted by atomic mass is 9.77. The molecular weight excluding hydrogens is 925 g/mol. The highest BCUT2D eigenvalue weighted by Crippen LogP contribution is 2.35. The average molecular weight is 987 g/mol. The normalized spacial score (nSPS) is 26.8. The van der Waals surface area contributed by atoms with Crippen LogP contribution in [0, 0.1) is 23.7 Å². The SMILES string of the molecule is CCC(C)[C@H]1NC(=O)[C@@H]2C[C@@H](O)CN2C(=O)[C@H](CC(=O)O)NC(=O)[C@@H]2CSc3[nH]c4ccc(cc4c3C[C@H](C(=O)NCC(N)=O)NC1=O)NC(=O)CC(CCS)[C@@H]([C@@H](C)CC)C(=O)NCC(=O)N2. The van der Waals surface area contributed by atoms with Crippen LogP contribution in [0.4, 0.5) is 5.69 Å². The first-order valence-electron chi connectivity index (χ1n) is 22.7. The molecule has 9 amide bonds. The summed E-state index contributed by atoms with van der Waals surface area (Å²) in [5, 5.41) is 39.9. The number of hydrogen-bond acceptors (Lipinski definition) is 13. The second kappa shape index (κ2) is 23.9. The van der Waals surface area contributed by atoms with Crippen molar-refractivity contribution in [1.29, 1.82) is 0 Å². The molecule has 3 aliphatic rings. The first-order valence-corrected chi connectivity index (χ1v) is 24.3. The summed E-state index contributed by atoms with van der Waals surface area (Å²) in [6, 6.07) is -2.61. The minimum absolute atomic E-state index is 0.0913. The van der Waals surface area contributed by atoms with Gasteiger partial charge in [-0.15, -0.1) is 11.8 Å². The van der Waals surface area contributed by atoms with Crippen molar-refractivity contribution in [2.45, 2.75) is 114 Å². The first-order chi connectivity index (χ1) is 32.2. The summed E-state index contributed by atoms with van der Waals surface area (Å²) in [4.78, 5) is 141. The third-order valence-electron chi connectivity index (χ3n) is 12.8. The number of nitrogens with one attached hydrogen (secondary N) is 8. The van der Waals surface area contributed by atoms with Gasteiger partial charge in [-0.1, -0.05) is 40.5 Å². The topological polar surface area (TPSA) is 340 Å². The highest BCUT2D eigenvalue weighted by Gasteiger charge is 2.44. The van der Waals surface area contributed by atoms with Crippen LogP contribution in [0.25, 0.3) is 10.9 Å². The summed E-state index contributed by atoms with van der Waals surface area (Å²) in [6.45, 7) is 5.55. The number of carbonyl (C=O) groups is 10. The van der Waals surface area contributed by atoms with Gasteiger partial charge in [0.25, 0.3) is 0 Å². The van der Waals surface area contributed by atoms with Gasteiger partial charge in [-0.2, -0.15) is 12.6 Å². The number of carboxylic acids is 1. The van der Waals surface area contributed by atoms with Crippen molar-refractivity contribution < 1.29 is 58.2 Å². The van der Waals surface area contributed by atoms with Gasteiger partial charge in [-0.3, -0.25) is 47.9 Å². The third-order valence-corrected chi connectivity index (χ3v) is 14.2. The maximum Gasteiger partial charge on any atom is 0.305 e. The molecule has 1 aromatic heterocycles. The minimum Gasteiger partial charge on any atom is -0.481 e. The van der Waals surface area contributed by atoms with Gasteiger partial charge >= 0.3 is 5.97 Å². The smallest absolute Gasteiger partial charge is 0.305 e. The molecule has 3 aliphatic heterocycles. The number of nitrogens with zero attached hydrogens (tertiary/aromatic N) is 1. The Bertz CT molecular complexity index is 2280. The van der Waals surface area contributed by atoms with Gasteiger partial charge in [0, 0.05) is 54.1 Å². The molecule has 10 atom stereocenters. The van der Waals surface area contributed by atoms with E-state index >= 15 is 0 Å². The van der Waals surface area contributed by atoms with E-state index in [1.807, 2.05) is 13.8 Å². The lowest BCUT2D eigenvalue weighted by Crippen LogP contribution is -2.60. The summed E-state index contributed by atoms with van der Waals surface area (Å²) in [5.41, 5.74) is 6.57. The van der Waals surface area contributed by atoms with Crippen molar-refractivity contribution in [3.63, 3.8) is 0 Å². The fourth-order valence-corrected chi connectivity index (χ4v) is 10.2. The summed E-state index contributed by atoms with van der Waals surface area (Å²) in [6.07, 6.45) is -1.63. The van der Waals surface area contributed by atoms with E-state index in [2.05, 4.69) is 54.8 Å². The molecule has 5 rings (SSSR count). The number of amides is 9. The molecule has 1 fully saturated rings. The zero-order valence-corrected chi connectivity index (χ0v) is 40.1. The van der Waals surface area contributed by atoms with Gasteiger partial charge in [-0.25, -0.2) is 0 Å². The van der Waals surface area contributed by atoms with E-state index in [1.165, 1.54) is 0 Å². The van der Waals surface area contributed by atoms with Crippen LogP contribution < -0.4 is 43.0 Å². The van der Waals surface area contributed by atoms with Crippen LogP contribution in [0.1, 0.15) is 71.8 Å². The van der Waals surface area contributed by atoms with Crippen molar-refractivity contribution in [2.75, 3.05) is 36.5 Å². The summed E-state index contributed by atoms with van der Waals surface area (Å²) >= 11 is 5.40. The van der Waals surface area contributed by atoms with Crippen molar-refractivity contribution >= 4 is 100 Å². The molecule has 22 nitrogen and oxygen atoms in total. The van der Waals surface area contributed by atoms with Gasteiger partial charge in [0.15, 0.2) is 0 Å². The standard InChI is InChI=1S/C44H62N10O12S2/c1-5-20(3)36-22(9-10-67)11-33(57)48-23-7-8-27-25(12-23)26-14-28(38(61)46-16-32(45)56)50-42(65)37(21(4)6-2)53-40(63)31-13-24(55)18-54(31)44(66)29(15-35(59)60)51-39(62)30(19-68-43(26)52-27)49-34(58)17-47-41(36)64/h7-8,12,20-22,24,28-31,36-37,52,55,67H,5-6,9-11,13-19H2,1-4H3,(H2,45,56)(H,46,61)(H,47,64)(H,48,57)(H,49,58)(H,50,65)(H,51,62)(H,53,63)(H,59,60)/t20-,21?,22?,24+,28+,29-,30-,31-,36+,37+/m0/s1. The molecule has 5 bridgehead atoms. The number of primary amides is 1. The number of hydrogen-bond donors (Lipinski definition) is 12. The number of H-pyrrole nitrogens is 1. The quantitative estimate of drug-likeness (QED) is 0.119. The number of thioether (sulfide) groups is 1. The fourth-order valence-electron chi connectivity index (χ4n) is 8.80. The van der Waals surface area contributed by atoms with E-state index in [0.29, 0.717) is 52.2 Å². The number of nitrogens with two attached hydrogens (primary N) is 1. The second-order valence-electron chi connectivity index (χ2n) is 17.7. The first kappa shape index (κ1) is 53.1. The van der Waals surface area contributed by atoms with Gasteiger partial charge in [0.2, 0.25) is 53.2 Å². The number of aliphatic hydroxyl groups is 1. The van der Waals surface area contributed by atoms with Gasteiger partial charge in [-0.05, 0) is 53.7 Å². The van der Waals surface area contributed by atoms with E-state index in [4.69, 9.17) is 5.73 Å². The fraction of sp³-hybridized carbons (Fsp3) is 0.591. The van der Waals surface area contributed by atoms with Crippen LogP contribution in [-0.4, -0.2) is 147 Å². The molecule has 2 aromatic rings. The molecule has 0 aliphatic carbocycles. The predicted molar refractivity (Wildman–Crippen MR) is 252 cm³/mol. The minimum atomic E-state index is -1.81. The second-order valence-corrected chi connectivity index (χ2v) is 19.1. The Morgan fingerprint density at radius 1 is 0.926 bits per heavy atom. The number of aromatic amines is 1. The average Bonchev–Trinajstić information content (AvgIpc) is 3.85. The van der Waals surface area contributed by atoms with Crippen LogP contribution in [0.2, 0.25) is 0 Å². The number of anilines is 1. The third kappa shape index (κ3) is 13.4. The summed E-state index contributed by atoms with van der Waals surface area (Å²) in [7, 11) is 0. The number of rotatable bonds is 11. The maximum absolute atomic E-state index is 14.4. The Morgan fingerprint density at radius 2 is 1.65 bits per heavy atom. The zero-order valence-electron chi connectivity index (χ0n) is 38.3. The number of carboxylic acid groups (broad SMARTS) is 1. The van der Waals surface area contributed by atoms with Gasteiger partial charge < -0.3 is 63.0 Å². The molecule has 68 heavy (non-hydrogen) atoms. The van der Waals surface area contributed by atoms with Crippen LogP contribution in [0.3, 0.4) is 0 Å². The largest absolute Gasteiger partial charge is 0.481 e. The molecule has 1 saturated heterocycles.